The summed E-state index contributed by atoms with van der Waals surface area (Å²) in [5, 5.41) is 0. The van der Waals surface area contributed by atoms with Gasteiger partial charge in [0.15, 0.2) is 0 Å². The third-order valence-corrected chi connectivity index (χ3v) is 8.84. The number of halogens is 1. The molecule has 1 atom stereocenters. The van der Waals surface area contributed by atoms with Gasteiger partial charge in [0.05, 0.1) is 0 Å². The van der Waals surface area contributed by atoms with Crippen molar-refractivity contribution in [2.45, 2.75) is 143 Å². The second-order valence-electron chi connectivity index (χ2n) is 13.3. The molecule has 0 amide bonds. The lowest BCUT2D eigenvalue weighted by molar-refractivity contribution is 0.601. The Morgan fingerprint density at radius 3 is 1.83 bits per heavy atom. The Bertz CT molecular complexity index is 1610. The fourth-order valence-corrected chi connectivity index (χ4v) is 5.22. The summed E-state index contributed by atoms with van der Waals surface area (Å²) in [4.78, 5) is 0. The second-order valence-corrected chi connectivity index (χ2v) is 13.3. The quantitative estimate of drug-likeness (QED) is 0.226. The second kappa shape index (κ2) is 29.5. The monoisotopic (exact) mass is 723 g/mol. The van der Waals surface area contributed by atoms with Gasteiger partial charge in [-0.15, -0.1) is 0 Å². The molecule has 3 rings (SSSR count). The largest absolute Gasteiger partial charge is 0.207 e. The van der Waals surface area contributed by atoms with Crippen LogP contribution in [0.5, 0.6) is 0 Å². The average molecular weight is 723 g/mol. The first-order valence-corrected chi connectivity index (χ1v) is 19.9. The molecule has 0 N–H and O–H groups in total. The van der Waals surface area contributed by atoms with Gasteiger partial charge in [0.25, 0.3) is 0 Å². The lowest BCUT2D eigenvalue weighted by atomic mass is 9.82. The molecule has 294 valence electrons. The summed E-state index contributed by atoms with van der Waals surface area (Å²) in [6, 6.07) is 12.0. The first kappa shape index (κ1) is 53.4. The SMILES string of the molecule is C=C(C)C1=C(C)CC=C(c2ccc(C)c(C)c2)C1=C.C=C/C=C(\C(=C)/C(C)=C\C(C)=C/C)C(C)c1ccc(C)cc1F.CC.CC.CC.CCC(C)C. The normalized spacial score (nSPS) is 13.2. The molecule has 1 aliphatic rings. The van der Waals surface area contributed by atoms with E-state index in [1.807, 2.05) is 87.4 Å². The Kier molecular flexibility index (Phi) is 29.7. The molecule has 0 saturated carbocycles. The smallest absolute Gasteiger partial charge is 0.127 e. The zero-order valence-electron chi connectivity index (χ0n) is 37.6. The Balaban J connectivity index is -0.000000749. The highest BCUT2D eigenvalue weighted by atomic mass is 19.1. The molecule has 0 spiro atoms. The lowest BCUT2D eigenvalue weighted by Crippen LogP contribution is -2.04. The molecule has 1 unspecified atom stereocenters. The van der Waals surface area contributed by atoms with Crippen LogP contribution in [0.3, 0.4) is 0 Å². The van der Waals surface area contributed by atoms with Crippen LogP contribution in [0.15, 0.2) is 138 Å². The summed E-state index contributed by atoms with van der Waals surface area (Å²) >= 11 is 0. The van der Waals surface area contributed by atoms with Crippen LogP contribution in [-0.4, -0.2) is 0 Å². The Labute approximate surface area is 329 Å². The molecule has 0 saturated heterocycles. The van der Waals surface area contributed by atoms with E-state index in [2.05, 4.69) is 118 Å². The molecule has 1 aliphatic carbocycles. The van der Waals surface area contributed by atoms with Crippen LogP contribution in [0, 0.1) is 32.5 Å². The maximum absolute atomic E-state index is 14.3. The van der Waals surface area contributed by atoms with E-state index < -0.39 is 0 Å². The minimum Gasteiger partial charge on any atom is -0.207 e. The first-order valence-electron chi connectivity index (χ1n) is 19.9. The Morgan fingerprint density at radius 1 is 0.849 bits per heavy atom. The maximum Gasteiger partial charge on any atom is 0.127 e. The van der Waals surface area contributed by atoms with Crippen LogP contribution in [0.4, 0.5) is 4.39 Å². The van der Waals surface area contributed by atoms with E-state index in [0.717, 1.165) is 45.8 Å². The van der Waals surface area contributed by atoms with E-state index in [0.29, 0.717) is 5.56 Å². The topological polar surface area (TPSA) is 0 Å². The van der Waals surface area contributed by atoms with Gasteiger partial charge in [0.1, 0.15) is 5.82 Å². The summed E-state index contributed by atoms with van der Waals surface area (Å²) in [6.45, 7) is 53.6. The molecule has 53 heavy (non-hydrogen) atoms. The highest BCUT2D eigenvalue weighted by Crippen LogP contribution is 2.38. The van der Waals surface area contributed by atoms with Crippen molar-refractivity contribution in [2.24, 2.45) is 5.92 Å². The predicted octanol–water partition coefficient (Wildman–Crippen LogP) is 17.5. The van der Waals surface area contributed by atoms with E-state index in [9.17, 15) is 4.39 Å². The molecular weight excluding hydrogens is 644 g/mol. The van der Waals surface area contributed by atoms with Gasteiger partial charge in [-0.1, -0.05) is 179 Å². The van der Waals surface area contributed by atoms with Crippen LogP contribution >= 0.6 is 0 Å². The minimum absolute atomic E-state index is 0.0876. The average Bonchev–Trinajstić information content (AvgIpc) is 3.14. The van der Waals surface area contributed by atoms with Crippen LogP contribution < -0.4 is 0 Å². The Morgan fingerprint density at radius 2 is 1.40 bits per heavy atom. The van der Waals surface area contributed by atoms with Crippen molar-refractivity contribution < 1.29 is 4.39 Å². The van der Waals surface area contributed by atoms with Crippen molar-refractivity contribution in [3.63, 3.8) is 0 Å². The molecule has 0 aromatic heterocycles. The van der Waals surface area contributed by atoms with Crippen molar-refractivity contribution in [3.8, 4) is 0 Å². The first-order chi connectivity index (χ1) is 25.0. The van der Waals surface area contributed by atoms with Gasteiger partial charge in [-0.05, 0) is 135 Å². The van der Waals surface area contributed by atoms with Crippen molar-refractivity contribution in [2.75, 3.05) is 0 Å². The number of hydrogen-bond donors (Lipinski definition) is 0. The fraction of sp³-hybridized carbons (Fsp3) is 0.423. The number of aryl methyl sites for hydroxylation is 3. The van der Waals surface area contributed by atoms with E-state index in [1.54, 1.807) is 12.1 Å². The van der Waals surface area contributed by atoms with Crippen LogP contribution in [-0.2, 0) is 0 Å². The van der Waals surface area contributed by atoms with E-state index in [1.165, 1.54) is 45.4 Å². The Hall–Kier alpha value is -3.97. The fourth-order valence-electron chi connectivity index (χ4n) is 5.22. The molecule has 0 fully saturated rings. The summed E-state index contributed by atoms with van der Waals surface area (Å²) in [5.74, 6) is 0.622. The van der Waals surface area contributed by atoms with Crippen molar-refractivity contribution in [3.05, 3.63) is 171 Å². The summed E-state index contributed by atoms with van der Waals surface area (Å²) in [5.41, 5.74) is 15.8. The van der Waals surface area contributed by atoms with Crippen molar-refractivity contribution in [1.29, 1.82) is 0 Å². The number of allylic oxidation sites excluding steroid dienone is 14. The molecule has 0 nitrogen and oxygen atoms in total. The standard InChI is InChI=1S/C22H27F.C19H22.C5H12.3C2H6/c1-8-10-20(18(6)17(5)13-15(3)9-2)19(7)21-12-11-16(4)14-22(21)23;1-12(2)19-14(4)8-10-18(16(19)6)17-9-7-13(3)15(5)11-17;1-4-5(2)3;3*1-2/h8-14,19H,1,6H2,2-5,7H3;7,9-11H,1,6,8H2,2-5H3;5H,4H2,1-3H3;3*1-2H3/b15-9-,17-13-,20-10+;;;;;. The molecule has 0 heterocycles. The molecule has 2 aromatic rings. The molecule has 0 radical (unpaired) electrons. The minimum atomic E-state index is -0.175. The summed E-state index contributed by atoms with van der Waals surface area (Å²) < 4.78 is 14.3. The van der Waals surface area contributed by atoms with Gasteiger partial charge in [-0.3, -0.25) is 0 Å². The number of hydrogen-bond acceptors (Lipinski definition) is 0. The molecule has 1 heteroatoms. The summed E-state index contributed by atoms with van der Waals surface area (Å²) in [7, 11) is 0. The summed E-state index contributed by atoms with van der Waals surface area (Å²) in [6.07, 6.45) is 12.4. The molecule has 0 aliphatic heterocycles. The molecule has 2 aromatic carbocycles. The van der Waals surface area contributed by atoms with Gasteiger partial charge in [0.2, 0.25) is 0 Å². The third kappa shape index (κ3) is 18.6. The van der Waals surface area contributed by atoms with Gasteiger partial charge >= 0.3 is 0 Å². The van der Waals surface area contributed by atoms with Crippen LogP contribution in [0.25, 0.3) is 5.57 Å². The highest BCUT2D eigenvalue weighted by molar-refractivity contribution is 5.87. The zero-order valence-corrected chi connectivity index (χ0v) is 37.6. The third-order valence-electron chi connectivity index (χ3n) is 8.84. The van der Waals surface area contributed by atoms with E-state index in [-0.39, 0.29) is 11.7 Å². The van der Waals surface area contributed by atoms with E-state index in [4.69, 9.17) is 0 Å². The van der Waals surface area contributed by atoms with E-state index >= 15 is 0 Å². The molecular formula is C52H79F. The van der Waals surface area contributed by atoms with Gasteiger partial charge in [-0.2, -0.15) is 0 Å². The van der Waals surface area contributed by atoms with Crippen molar-refractivity contribution in [1.82, 2.24) is 0 Å². The lowest BCUT2D eigenvalue weighted by Gasteiger charge is -2.23. The predicted molar refractivity (Wildman–Crippen MR) is 244 cm³/mol. The van der Waals surface area contributed by atoms with Crippen LogP contribution in [0.2, 0.25) is 0 Å². The van der Waals surface area contributed by atoms with Gasteiger partial charge in [0, 0.05) is 5.92 Å². The van der Waals surface area contributed by atoms with Gasteiger partial charge < -0.3 is 0 Å². The van der Waals surface area contributed by atoms with Crippen molar-refractivity contribution >= 4 is 5.57 Å². The maximum atomic E-state index is 14.3. The van der Waals surface area contributed by atoms with Crippen LogP contribution in [0.1, 0.15) is 150 Å². The number of rotatable bonds is 9. The number of benzene rings is 2. The zero-order chi connectivity index (χ0) is 42.0. The molecule has 0 bridgehead atoms. The van der Waals surface area contributed by atoms with Gasteiger partial charge in [-0.25, -0.2) is 4.39 Å². The highest BCUT2D eigenvalue weighted by Gasteiger charge is 2.19.